The first-order valence-corrected chi connectivity index (χ1v) is 8.31. The largest absolute Gasteiger partial charge is 0.391 e. The Kier molecular flexibility index (Phi) is 5.94. The summed E-state index contributed by atoms with van der Waals surface area (Å²) in [5.74, 6) is 0. The van der Waals surface area contributed by atoms with Crippen molar-refractivity contribution in [1.82, 2.24) is 4.31 Å². The van der Waals surface area contributed by atoms with Gasteiger partial charge in [0.2, 0.25) is 10.0 Å². The molecule has 5 nitrogen and oxygen atoms in total. The minimum atomic E-state index is -3.54. The molecule has 1 rings (SSSR count). The van der Waals surface area contributed by atoms with Gasteiger partial charge in [-0.05, 0) is 26.8 Å². The van der Waals surface area contributed by atoms with Gasteiger partial charge in [0.1, 0.15) is 0 Å². The number of nitrogens with zero attached hydrogens (tertiary/aromatic N) is 1. The monoisotopic (exact) mass is 307 g/mol. The Morgan fingerprint density at radius 2 is 2.11 bits per heavy atom. The van der Waals surface area contributed by atoms with Crippen LogP contribution < -0.4 is 0 Å². The Hall–Kier alpha value is -0.470. The molecule has 0 aromatic carbocycles. The van der Waals surface area contributed by atoms with Crippen LogP contribution in [0.3, 0.4) is 0 Å². The zero-order chi connectivity index (χ0) is 14.6. The lowest BCUT2D eigenvalue weighted by Gasteiger charge is -2.25. The van der Waals surface area contributed by atoms with Gasteiger partial charge in [-0.25, -0.2) is 8.42 Å². The molecule has 0 aliphatic heterocycles. The third kappa shape index (κ3) is 3.76. The highest BCUT2D eigenvalue weighted by Gasteiger charge is 2.29. The topological polar surface area (TPSA) is 66.8 Å². The first-order valence-electron chi connectivity index (χ1n) is 6.05. The van der Waals surface area contributed by atoms with Crippen molar-refractivity contribution < 1.29 is 18.3 Å². The van der Waals surface area contributed by atoms with E-state index < -0.39 is 10.0 Å². The summed E-state index contributed by atoms with van der Waals surface area (Å²) in [5, 5.41) is 9.11. The molecule has 0 aliphatic carbocycles. The van der Waals surface area contributed by atoms with Gasteiger partial charge in [0.15, 0.2) is 0 Å². The summed E-state index contributed by atoms with van der Waals surface area (Å²) >= 11 is 1.31. The first-order chi connectivity index (χ1) is 8.84. The van der Waals surface area contributed by atoms with Gasteiger partial charge in [-0.1, -0.05) is 0 Å². The molecule has 0 aliphatic rings. The fraction of sp³-hybridized carbons (Fsp3) is 0.667. The third-order valence-corrected chi connectivity index (χ3v) is 6.12. The Balaban J connectivity index is 3.14. The SMILES string of the molecule is COCCN(C(C)C)S(=O)(=O)c1cc(CO)sc1C. The maximum Gasteiger partial charge on any atom is 0.244 e. The van der Waals surface area contributed by atoms with Gasteiger partial charge in [-0.15, -0.1) is 11.3 Å². The Morgan fingerprint density at radius 1 is 1.47 bits per heavy atom. The zero-order valence-corrected chi connectivity index (χ0v) is 13.3. The zero-order valence-electron chi connectivity index (χ0n) is 11.7. The smallest absolute Gasteiger partial charge is 0.244 e. The van der Waals surface area contributed by atoms with Crippen LogP contribution in [0.25, 0.3) is 0 Å². The van der Waals surface area contributed by atoms with Gasteiger partial charge < -0.3 is 9.84 Å². The molecule has 19 heavy (non-hydrogen) atoms. The third-order valence-electron chi connectivity index (χ3n) is 2.76. The lowest BCUT2D eigenvalue weighted by Crippen LogP contribution is -2.39. The van der Waals surface area contributed by atoms with E-state index in [0.29, 0.717) is 22.9 Å². The Labute approximate surface area is 118 Å². The summed E-state index contributed by atoms with van der Waals surface area (Å²) in [5.41, 5.74) is 0. The van der Waals surface area contributed by atoms with Crippen LogP contribution in [0.4, 0.5) is 0 Å². The number of ether oxygens (including phenoxy) is 1. The van der Waals surface area contributed by atoms with Crippen LogP contribution in [-0.2, 0) is 21.4 Å². The predicted molar refractivity (Wildman–Crippen MR) is 75.9 cm³/mol. The van der Waals surface area contributed by atoms with Crippen LogP contribution >= 0.6 is 11.3 Å². The van der Waals surface area contributed by atoms with Crippen LogP contribution in [0.1, 0.15) is 23.6 Å². The fourth-order valence-electron chi connectivity index (χ4n) is 1.82. The summed E-state index contributed by atoms with van der Waals surface area (Å²) in [6.45, 7) is 5.96. The van der Waals surface area contributed by atoms with Crippen LogP contribution in [0.5, 0.6) is 0 Å². The number of aliphatic hydroxyl groups excluding tert-OH is 1. The molecule has 0 spiro atoms. The molecule has 0 saturated carbocycles. The molecule has 0 saturated heterocycles. The van der Waals surface area contributed by atoms with E-state index in [4.69, 9.17) is 9.84 Å². The van der Waals surface area contributed by atoms with E-state index in [-0.39, 0.29) is 17.5 Å². The average Bonchev–Trinajstić information content (AvgIpc) is 2.71. The number of methoxy groups -OCH3 is 1. The van der Waals surface area contributed by atoms with Gasteiger partial charge in [0, 0.05) is 29.5 Å². The molecule has 1 N–H and O–H groups in total. The molecule has 110 valence electrons. The standard InChI is InChI=1S/C12H21NO4S2/c1-9(2)13(5-6-17-4)19(15,16)12-7-11(8-14)18-10(12)3/h7,9,14H,5-6,8H2,1-4H3. The van der Waals surface area contributed by atoms with Crippen molar-refractivity contribution in [2.24, 2.45) is 0 Å². The maximum atomic E-state index is 12.6. The lowest BCUT2D eigenvalue weighted by molar-refractivity contribution is 0.171. The first kappa shape index (κ1) is 16.6. The van der Waals surface area contributed by atoms with Crippen molar-refractivity contribution in [1.29, 1.82) is 0 Å². The molecule has 1 aromatic heterocycles. The van der Waals surface area contributed by atoms with Gasteiger partial charge in [-0.2, -0.15) is 4.31 Å². The number of rotatable bonds is 7. The molecular formula is C12H21NO4S2. The molecule has 7 heteroatoms. The van der Waals surface area contributed by atoms with Crippen LogP contribution in [0.15, 0.2) is 11.0 Å². The van der Waals surface area contributed by atoms with Crippen molar-refractivity contribution in [3.8, 4) is 0 Å². The van der Waals surface area contributed by atoms with E-state index in [1.54, 1.807) is 20.1 Å². The predicted octanol–water partition coefficient (Wildman–Crippen LogP) is 1.59. The van der Waals surface area contributed by atoms with E-state index in [0.717, 1.165) is 0 Å². The number of hydrogen-bond donors (Lipinski definition) is 1. The summed E-state index contributed by atoms with van der Waals surface area (Å²) in [7, 11) is -1.99. The molecular weight excluding hydrogens is 286 g/mol. The molecule has 0 amide bonds. The molecule has 1 aromatic rings. The summed E-state index contributed by atoms with van der Waals surface area (Å²) < 4.78 is 31.6. The molecule has 0 fully saturated rings. The summed E-state index contributed by atoms with van der Waals surface area (Å²) in [6, 6.07) is 1.41. The highest BCUT2D eigenvalue weighted by molar-refractivity contribution is 7.89. The highest BCUT2D eigenvalue weighted by atomic mass is 32.2. The molecule has 0 atom stereocenters. The normalized spacial score (nSPS) is 12.6. The number of sulfonamides is 1. The van der Waals surface area contributed by atoms with Crippen molar-refractivity contribution in [2.75, 3.05) is 20.3 Å². The minimum absolute atomic E-state index is 0.138. The van der Waals surface area contributed by atoms with Crippen LogP contribution in [0.2, 0.25) is 0 Å². The van der Waals surface area contributed by atoms with Crippen molar-refractivity contribution in [3.05, 3.63) is 15.8 Å². The lowest BCUT2D eigenvalue weighted by atomic mass is 10.4. The Bertz CT molecular complexity index is 508. The fourth-order valence-corrected chi connectivity index (χ4v) is 4.91. The van der Waals surface area contributed by atoms with Gasteiger partial charge in [0.25, 0.3) is 0 Å². The molecule has 0 radical (unpaired) electrons. The van der Waals surface area contributed by atoms with Crippen molar-refractivity contribution in [2.45, 2.75) is 38.3 Å². The molecule has 1 heterocycles. The molecule has 0 unspecified atom stereocenters. The van der Waals surface area contributed by atoms with E-state index in [1.807, 2.05) is 13.8 Å². The average molecular weight is 307 g/mol. The number of aryl methyl sites for hydroxylation is 1. The summed E-state index contributed by atoms with van der Waals surface area (Å²) in [6.07, 6.45) is 0. The van der Waals surface area contributed by atoms with E-state index in [9.17, 15) is 8.42 Å². The van der Waals surface area contributed by atoms with Gasteiger partial charge >= 0.3 is 0 Å². The van der Waals surface area contributed by atoms with Crippen molar-refractivity contribution in [3.63, 3.8) is 0 Å². The quantitative estimate of drug-likeness (QED) is 0.831. The minimum Gasteiger partial charge on any atom is -0.391 e. The number of hydrogen-bond acceptors (Lipinski definition) is 5. The van der Waals surface area contributed by atoms with Gasteiger partial charge in [-0.3, -0.25) is 0 Å². The number of thiophene rings is 1. The van der Waals surface area contributed by atoms with Gasteiger partial charge in [0.05, 0.1) is 18.1 Å². The van der Waals surface area contributed by atoms with E-state index in [2.05, 4.69) is 0 Å². The second kappa shape index (κ2) is 6.81. The second-order valence-corrected chi connectivity index (χ2v) is 7.69. The van der Waals surface area contributed by atoms with E-state index >= 15 is 0 Å². The summed E-state index contributed by atoms with van der Waals surface area (Å²) in [4.78, 5) is 1.64. The maximum absolute atomic E-state index is 12.6. The Morgan fingerprint density at radius 3 is 2.53 bits per heavy atom. The van der Waals surface area contributed by atoms with E-state index in [1.165, 1.54) is 15.6 Å². The highest BCUT2D eigenvalue weighted by Crippen LogP contribution is 2.29. The van der Waals surface area contributed by atoms with Crippen LogP contribution in [-0.4, -0.2) is 44.1 Å². The molecule has 0 bridgehead atoms. The van der Waals surface area contributed by atoms with Crippen molar-refractivity contribution >= 4 is 21.4 Å². The second-order valence-electron chi connectivity index (χ2n) is 4.49. The van der Waals surface area contributed by atoms with Crippen LogP contribution in [0, 0.1) is 6.92 Å². The number of aliphatic hydroxyl groups is 1.